The number of hydrogen-bond donors (Lipinski definition) is 0. The van der Waals surface area contributed by atoms with Crippen molar-refractivity contribution < 1.29 is 4.79 Å². The van der Waals surface area contributed by atoms with Crippen LogP contribution >= 0.6 is 11.3 Å². The van der Waals surface area contributed by atoms with E-state index in [0.717, 1.165) is 16.7 Å². The third-order valence-electron chi connectivity index (χ3n) is 1.19. The van der Waals surface area contributed by atoms with Gasteiger partial charge in [0, 0.05) is 4.88 Å². The molecule has 1 rings (SSSR count). The summed E-state index contributed by atoms with van der Waals surface area (Å²) in [6.45, 7) is 3.96. The van der Waals surface area contributed by atoms with Crippen molar-refractivity contribution in [2.75, 3.05) is 0 Å². The molecule has 1 heterocycles. The molecule has 0 aliphatic heterocycles. The van der Waals surface area contributed by atoms with Crippen LogP contribution in [0.2, 0.25) is 0 Å². The van der Waals surface area contributed by atoms with Crippen LogP contribution in [0.25, 0.3) is 0 Å². The smallest absolute Gasteiger partial charge is 0.160 e. The second-order valence-electron chi connectivity index (χ2n) is 2.02. The molecule has 1 aromatic rings. The van der Waals surface area contributed by atoms with Gasteiger partial charge in [-0.05, 0) is 25.5 Å². The average Bonchev–Trinajstić information content (AvgIpc) is 2.10. The fourth-order valence-corrected chi connectivity index (χ4v) is 1.63. The Morgan fingerprint density at radius 1 is 1.56 bits per heavy atom. The predicted molar refractivity (Wildman–Crippen MR) is 39.2 cm³/mol. The minimum absolute atomic E-state index is 0.854. The van der Waals surface area contributed by atoms with E-state index in [9.17, 15) is 4.79 Å². The zero-order valence-corrected chi connectivity index (χ0v) is 6.29. The first-order valence-corrected chi connectivity index (χ1v) is 3.58. The molecule has 0 saturated heterocycles. The summed E-state index contributed by atoms with van der Waals surface area (Å²) >= 11 is 1.55. The predicted octanol–water partition coefficient (Wildman–Crippen LogP) is 2.18. The lowest BCUT2D eigenvalue weighted by Crippen LogP contribution is -1.72. The van der Waals surface area contributed by atoms with Crippen LogP contribution in [0.3, 0.4) is 0 Å². The highest BCUT2D eigenvalue weighted by atomic mass is 32.1. The molecule has 0 fully saturated rings. The van der Waals surface area contributed by atoms with Gasteiger partial charge in [0.05, 0.1) is 4.88 Å². The summed E-state index contributed by atoms with van der Waals surface area (Å²) in [5.41, 5.74) is 1.09. The third-order valence-corrected chi connectivity index (χ3v) is 2.26. The number of rotatable bonds is 1. The normalized spacial score (nSPS) is 9.56. The molecule has 0 aromatic carbocycles. The lowest BCUT2D eigenvalue weighted by molar-refractivity contribution is 0.112. The van der Waals surface area contributed by atoms with Crippen LogP contribution in [0.4, 0.5) is 0 Å². The van der Waals surface area contributed by atoms with E-state index in [1.807, 2.05) is 19.9 Å². The Bertz CT molecular complexity index is 225. The van der Waals surface area contributed by atoms with Crippen LogP contribution in [0.15, 0.2) is 6.07 Å². The van der Waals surface area contributed by atoms with Gasteiger partial charge in [0.2, 0.25) is 0 Å². The number of thiophene rings is 1. The summed E-state index contributed by atoms with van der Waals surface area (Å²) in [7, 11) is 0. The van der Waals surface area contributed by atoms with Gasteiger partial charge >= 0.3 is 0 Å². The van der Waals surface area contributed by atoms with E-state index in [1.165, 1.54) is 4.88 Å². The van der Waals surface area contributed by atoms with Crippen molar-refractivity contribution in [1.82, 2.24) is 0 Å². The van der Waals surface area contributed by atoms with Crippen LogP contribution in [-0.4, -0.2) is 6.29 Å². The van der Waals surface area contributed by atoms with Crippen molar-refractivity contribution in [3.8, 4) is 0 Å². The molecular weight excluding hydrogens is 132 g/mol. The Hall–Kier alpha value is -0.630. The van der Waals surface area contributed by atoms with Crippen LogP contribution in [0.5, 0.6) is 0 Å². The highest BCUT2D eigenvalue weighted by Gasteiger charge is 1.98. The minimum atomic E-state index is 0.854. The van der Waals surface area contributed by atoms with Gasteiger partial charge < -0.3 is 0 Å². The number of carbonyl (C=O) groups is 1. The molecule has 0 amide bonds. The Morgan fingerprint density at radius 2 is 2.22 bits per heavy atom. The van der Waals surface area contributed by atoms with Crippen molar-refractivity contribution in [3.63, 3.8) is 0 Å². The molecule has 0 N–H and O–H groups in total. The summed E-state index contributed by atoms with van der Waals surface area (Å²) in [5.74, 6) is 0. The number of aldehydes is 1. The molecule has 0 radical (unpaired) electrons. The lowest BCUT2D eigenvalue weighted by Gasteiger charge is -1.79. The molecule has 0 unspecified atom stereocenters. The van der Waals surface area contributed by atoms with E-state index in [1.54, 1.807) is 11.3 Å². The van der Waals surface area contributed by atoms with Crippen molar-refractivity contribution in [3.05, 3.63) is 21.4 Å². The largest absolute Gasteiger partial charge is 0.297 e. The summed E-state index contributed by atoms with van der Waals surface area (Å²) in [6.07, 6.45) is 0.910. The van der Waals surface area contributed by atoms with Crippen molar-refractivity contribution in [2.24, 2.45) is 0 Å². The van der Waals surface area contributed by atoms with E-state index < -0.39 is 0 Å². The summed E-state index contributed by atoms with van der Waals surface area (Å²) in [4.78, 5) is 12.3. The van der Waals surface area contributed by atoms with Crippen LogP contribution in [0, 0.1) is 13.8 Å². The fourth-order valence-electron chi connectivity index (χ4n) is 0.776. The van der Waals surface area contributed by atoms with Crippen molar-refractivity contribution >= 4 is 17.6 Å². The monoisotopic (exact) mass is 140 g/mol. The molecule has 0 spiro atoms. The first-order chi connectivity index (χ1) is 4.24. The SMILES string of the molecule is Cc1cc(C)c(C=O)s1. The molecule has 0 aliphatic rings. The van der Waals surface area contributed by atoms with Crippen molar-refractivity contribution in [2.45, 2.75) is 13.8 Å². The first kappa shape index (κ1) is 6.49. The van der Waals surface area contributed by atoms with E-state index in [4.69, 9.17) is 0 Å². The Kier molecular flexibility index (Phi) is 1.67. The molecule has 0 saturated carbocycles. The minimum Gasteiger partial charge on any atom is -0.297 e. The van der Waals surface area contributed by atoms with Gasteiger partial charge in [-0.1, -0.05) is 0 Å². The summed E-state index contributed by atoms with van der Waals surface area (Å²) in [5, 5.41) is 0. The van der Waals surface area contributed by atoms with Crippen LogP contribution < -0.4 is 0 Å². The fraction of sp³-hybridized carbons (Fsp3) is 0.286. The van der Waals surface area contributed by atoms with E-state index in [2.05, 4.69) is 0 Å². The Balaban J connectivity index is 3.15. The summed E-state index contributed by atoms with van der Waals surface area (Å²) < 4.78 is 0. The van der Waals surface area contributed by atoms with Gasteiger partial charge in [-0.15, -0.1) is 11.3 Å². The topological polar surface area (TPSA) is 17.1 Å². The highest BCUT2D eigenvalue weighted by molar-refractivity contribution is 7.13. The van der Waals surface area contributed by atoms with Gasteiger partial charge in [0.25, 0.3) is 0 Å². The summed E-state index contributed by atoms with van der Waals surface area (Å²) in [6, 6.07) is 2.02. The highest BCUT2D eigenvalue weighted by Crippen LogP contribution is 2.17. The zero-order chi connectivity index (χ0) is 6.85. The molecule has 2 heteroatoms. The third kappa shape index (κ3) is 1.19. The van der Waals surface area contributed by atoms with E-state index in [0.29, 0.717) is 0 Å². The number of carbonyl (C=O) groups excluding carboxylic acids is 1. The maximum atomic E-state index is 10.3. The van der Waals surface area contributed by atoms with Crippen LogP contribution in [0.1, 0.15) is 20.1 Å². The quantitative estimate of drug-likeness (QED) is 0.546. The average molecular weight is 140 g/mol. The number of hydrogen-bond acceptors (Lipinski definition) is 2. The van der Waals surface area contributed by atoms with Gasteiger partial charge in [-0.25, -0.2) is 0 Å². The Morgan fingerprint density at radius 3 is 2.44 bits per heavy atom. The van der Waals surface area contributed by atoms with Gasteiger partial charge in [0.15, 0.2) is 6.29 Å². The molecule has 0 bridgehead atoms. The van der Waals surface area contributed by atoms with Gasteiger partial charge in [-0.3, -0.25) is 4.79 Å². The first-order valence-electron chi connectivity index (χ1n) is 2.76. The van der Waals surface area contributed by atoms with E-state index >= 15 is 0 Å². The molecular formula is C7H8OS. The molecule has 0 atom stereocenters. The van der Waals surface area contributed by atoms with Gasteiger partial charge in [0.1, 0.15) is 0 Å². The maximum Gasteiger partial charge on any atom is 0.160 e. The second-order valence-corrected chi connectivity index (χ2v) is 3.31. The molecule has 9 heavy (non-hydrogen) atoms. The molecule has 0 aliphatic carbocycles. The Labute approximate surface area is 58.3 Å². The molecule has 1 nitrogen and oxygen atoms in total. The number of aryl methyl sites for hydroxylation is 2. The standard InChI is InChI=1S/C7H8OS/c1-5-3-6(2)9-7(5)4-8/h3-4H,1-2H3. The van der Waals surface area contributed by atoms with Crippen molar-refractivity contribution in [1.29, 1.82) is 0 Å². The van der Waals surface area contributed by atoms with Gasteiger partial charge in [-0.2, -0.15) is 0 Å². The van der Waals surface area contributed by atoms with E-state index in [-0.39, 0.29) is 0 Å². The zero-order valence-electron chi connectivity index (χ0n) is 5.47. The van der Waals surface area contributed by atoms with Crippen LogP contribution in [-0.2, 0) is 0 Å². The second kappa shape index (κ2) is 2.31. The molecule has 1 aromatic heterocycles. The maximum absolute atomic E-state index is 10.3. The molecule has 48 valence electrons. The lowest BCUT2D eigenvalue weighted by atomic mass is 10.3.